The average molecular weight is 410 g/mol. The summed E-state index contributed by atoms with van der Waals surface area (Å²) in [6, 6.07) is 28.3. The lowest BCUT2D eigenvalue weighted by Gasteiger charge is -2.46. The Kier molecular flexibility index (Phi) is 3.14. The third kappa shape index (κ3) is 1.90. The molecule has 5 heteroatoms. The molecule has 3 aliphatic rings. The molecule has 0 saturated carbocycles. The van der Waals surface area contributed by atoms with E-state index in [4.69, 9.17) is 18.5 Å². The van der Waals surface area contributed by atoms with Crippen LogP contribution in [-0.2, 0) is 5.41 Å². The number of para-hydroxylation sites is 2. The Bertz CT molecular complexity index is 1240. The van der Waals surface area contributed by atoms with Gasteiger partial charge in [0.2, 0.25) is 0 Å². The van der Waals surface area contributed by atoms with Gasteiger partial charge in [0.25, 0.3) is 9.03 Å². The van der Waals surface area contributed by atoms with Crippen molar-refractivity contribution in [2.75, 3.05) is 0 Å². The van der Waals surface area contributed by atoms with Crippen LogP contribution in [0.25, 0.3) is 0 Å². The topological polar surface area (TPSA) is 36.9 Å². The Balaban J connectivity index is 1.77. The number of hydrogen-bond donors (Lipinski definition) is 0. The van der Waals surface area contributed by atoms with E-state index in [0.29, 0.717) is 0 Å². The van der Waals surface area contributed by atoms with Gasteiger partial charge in [-0.25, -0.2) is 0 Å². The van der Waals surface area contributed by atoms with E-state index in [2.05, 4.69) is 12.1 Å². The Labute approximate surface area is 174 Å². The molecule has 0 amide bonds. The molecule has 0 saturated heterocycles. The lowest BCUT2D eigenvalue weighted by molar-refractivity contribution is 0.378. The van der Waals surface area contributed by atoms with Gasteiger partial charge in [-0.1, -0.05) is 48.5 Å². The van der Waals surface area contributed by atoms with Gasteiger partial charge in [0, 0.05) is 11.1 Å². The third-order valence-electron chi connectivity index (χ3n) is 6.05. The maximum Gasteiger partial charge on any atom is 0.275 e. The van der Waals surface area contributed by atoms with Crippen LogP contribution in [0.15, 0.2) is 84.9 Å². The standard InChI is InChI=1S/C25H15O4P/c1-3-9-17-15(7-1)25-16-8-2-4-10-18(16)27-20-12-6-14-22(24(20)25)29-30-28-21-13-5-11-19(26-17)23(21)25/h1-14,30H. The number of rotatable bonds is 0. The first kappa shape index (κ1) is 16.3. The molecule has 0 unspecified atom stereocenters. The molecule has 3 aliphatic heterocycles. The summed E-state index contributed by atoms with van der Waals surface area (Å²) in [6.07, 6.45) is 0. The van der Waals surface area contributed by atoms with E-state index in [0.717, 1.165) is 56.8 Å². The minimum Gasteiger partial charge on any atom is -0.457 e. The quantitative estimate of drug-likeness (QED) is 0.266. The van der Waals surface area contributed by atoms with Gasteiger partial charge in [0.1, 0.15) is 34.5 Å². The van der Waals surface area contributed by atoms with Crippen molar-refractivity contribution < 1.29 is 18.5 Å². The van der Waals surface area contributed by atoms with Crippen LogP contribution in [0.5, 0.6) is 34.5 Å². The zero-order chi connectivity index (χ0) is 19.7. The van der Waals surface area contributed by atoms with Crippen LogP contribution in [-0.4, -0.2) is 0 Å². The summed E-state index contributed by atoms with van der Waals surface area (Å²) < 4.78 is 25.0. The van der Waals surface area contributed by atoms with E-state index < -0.39 is 5.41 Å². The Morgan fingerprint density at radius 1 is 0.467 bits per heavy atom. The normalized spacial score (nSPS) is 15.9. The van der Waals surface area contributed by atoms with E-state index in [1.54, 1.807) is 0 Å². The summed E-state index contributed by atoms with van der Waals surface area (Å²) >= 11 is 0. The molecular weight excluding hydrogens is 395 g/mol. The molecule has 0 radical (unpaired) electrons. The molecule has 30 heavy (non-hydrogen) atoms. The molecule has 0 aromatic heterocycles. The van der Waals surface area contributed by atoms with Crippen molar-refractivity contribution in [1.29, 1.82) is 0 Å². The molecular formula is C25H15O4P. The van der Waals surface area contributed by atoms with Crippen LogP contribution in [0, 0.1) is 0 Å². The Morgan fingerprint density at radius 2 is 0.900 bits per heavy atom. The summed E-state index contributed by atoms with van der Waals surface area (Å²) in [5.74, 6) is 4.74. The van der Waals surface area contributed by atoms with Crippen molar-refractivity contribution in [1.82, 2.24) is 0 Å². The molecule has 7 rings (SSSR count). The van der Waals surface area contributed by atoms with Gasteiger partial charge in [-0.05, 0) is 36.4 Å². The van der Waals surface area contributed by atoms with Crippen LogP contribution >= 0.6 is 9.03 Å². The first-order valence-electron chi connectivity index (χ1n) is 9.78. The van der Waals surface area contributed by atoms with Crippen LogP contribution in [0.3, 0.4) is 0 Å². The average Bonchev–Trinajstić information content (AvgIpc) is 2.77. The number of fused-ring (bicyclic) bond motifs is 2. The molecule has 1 spiro atoms. The summed E-state index contributed by atoms with van der Waals surface area (Å²) in [6.45, 7) is 0. The molecule has 0 bridgehead atoms. The lowest BCUT2D eigenvalue weighted by atomic mass is 9.62. The fraction of sp³-hybridized carbons (Fsp3) is 0.0400. The zero-order valence-electron chi connectivity index (χ0n) is 15.7. The van der Waals surface area contributed by atoms with E-state index in [9.17, 15) is 0 Å². The van der Waals surface area contributed by atoms with Gasteiger partial charge in [-0.3, -0.25) is 0 Å². The van der Waals surface area contributed by atoms with Gasteiger partial charge in [-0.2, -0.15) is 0 Å². The predicted molar refractivity (Wildman–Crippen MR) is 114 cm³/mol. The number of hydrogen-bond acceptors (Lipinski definition) is 4. The van der Waals surface area contributed by atoms with Gasteiger partial charge in [0.15, 0.2) is 0 Å². The minimum atomic E-state index is -0.674. The monoisotopic (exact) mass is 410 g/mol. The van der Waals surface area contributed by atoms with Crippen molar-refractivity contribution in [3.63, 3.8) is 0 Å². The largest absolute Gasteiger partial charge is 0.457 e. The smallest absolute Gasteiger partial charge is 0.275 e. The summed E-state index contributed by atoms with van der Waals surface area (Å²) in [4.78, 5) is 0. The number of ether oxygens (including phenoxy) is 2. The Hall–Kier alpha value is -3.49. The van der Waals surface area contributed by atoms with E-state index in [-0.39, 0.29) is 9.03 Å². The molecule has 4 aromatic rings. The summed E-state index contributed by atoms with van der Waals surface area (Å²) in [5.41, 5.74) is 3.40. The first-order valence-corrected chi connectivity index (χ1v) is 10.6. The van der Waals surface area contributed by atoms with Crippen molar-refractivity contribution in [3.05, 3.63) is 107 Å². The summed E-state index contributed by atoms with van der Waals surface area (Å²) in [7, 11) is -0.161. The minimum absolute atomic E-state index is 0.161. The van der Waals surface area contributed by atoms with Crippen molar-refractivity contribution in [3.8, 4) is 34.5 Å². The second kappa shape index (κ2) is 5.78. The van der Waals surface area contributed by atoms with Crippen molar-refractivity contribution in [2.45, 2.75) is 5.41 Å². The third-order valence-corrected chi connectivity index (χ3v) is 6.66. The zero-order valence-corrected chi connectivity index (χ0v) is 16.7. The van der Waals surface area contributed by atoms with Crippen molar-refractivity contribution >= 4 is 9.03 Å². The maximum atomic E-state index is 6.38. The second-order valence-corrected chi connectivity index (χ2v) is 8.07. The van der Waals surface area contributed by atoms with Gasteiger partial charge < -0.3 is 18.5 Å². The maximum absolute atomic E-state index is 6.38. The molecule has 0 atom stereocenters. The second-order valence-electron chi connectivity index (χ2n) is 7.49. The fourth-order valence-electron chi connectivity index (χ4n) is 4.99. The van der Waals surface area contributed by atoms with Gasteiger partial charge >= 0.3 is 0 Å². The molecule has 3 heterocycles. The van der Waals surface area contributed by atoms with E-state index in [1.165, 1.54) is 0 Å². The molecule has 0 fully saturated rings. The van der Waals surface area contributed by atoms with Gasteiger partial charge in [0.05, 0.1) is 16.5 Å². The Morgan fingerprint density at radius 3 is 1.43 bits per heavy atom. The SMILES string of the molecule is c1ccc2c(c1)Oc1cccc3c1C21c2ccccc2Oc2cccc(c21)OPO3. The highest BCUT2D eigenvalue weighted by Gasteiger charge is 2.54. The molecule has 144 valence electrons. The summed E-state index contributed by atoms with van der Waals surface area (Å²) in [5, 5.41) is 0. The molecule has 0 aliphatic carbocycles. The molecule has 4 aromatic carbocycles. The van der Waals surface area contributed by atoms with Crippen LogP contribution < -0.4 is 18.5 Å². The fourth-order valence-corrected chi connectivity index (χ4v) is 5.55. The van der Waals surface area contributed by atoms with Crippen LogP contribution in [0.4, 0.5) is 0 Å². The van der Waals surface area contributed by atoms with Crippen molar-refractivity contribution in [2.24, 2.45) is 0 Å². The first-order chi connectivity index (χ1) is 14.9. The molecule has 4 nitrogen and oxygen atoms in total. The highest BCUT2D eigenvalue weighted by molar-refractivity contribution is 7.27. The highest BCUT2D eigenvalue weighted by Crippen LogP contribution is 2.66. The van der Waals surface area contributed by atoms with E-state index >= 15 is 0 Å². The lowest BCUT2D eigenvalue weighted by Crippen LogP contribution is -2.37. The van der Waals surface area contributed by atoms with Gasteiger partial charge in [-0.15, -0.1) is 0 Å². The predicted octanol–water partition coefficient (Wildman–Crippen LogP) is 6.56. The van der Waals surface area contributed by atoms with Crippen LogP contribution in [0.2, 0.25) is 0 Å². The van der Waals surface area contributed by atoms with E-state index in [1.807, 2.05) is 72.8 Å². The number of benzene rings is 4. The highest BCUT2D eigenvalue weighted by atomic mass is 31.1. The van der Waals surface area contributed by atoms with Crippen LogP contribution in [0.1, 0.15) is 22.3 Å². The molecule has 0 N–H and O–H groups in total.